The molecule has 0 amide bonds. The van der Waals surface area contributed by atoms with Gasteiger partial charge in [0.2, 0.25) is 0 Å². The van der Waals surface area contributed by atoms with Crippen LogP contribution >= 0.6 is 24.0 Å². The molecule has 0 heterocycles. The van der Waals surface area contributed by atoms with E-state index in [0.29, 0.717) is 18.4 Å². The number of nitrogens with zero attached hydrogens (tertiary/aromatic N) is 2. The first-order valence-electron chi connectivity index (χ1n) is 6.24. The van der Waals surface area contributed by atoms with Gasteiger partial charge in [-0.15, -0.1) is 24.0 Å². The fraction of sp³-hybridized carbons (Fsp3) is 0.833. The second kappa shape index (κ2) is 9.41. The van der Waals surface area contributed by atoms with E-state index in [1.54, 1.807) is 0 Å². The van der Waals surface area contributed by atoms with E-state index in [2.05, 4.69) is 14.6 Å². The Hall–Kier alpha value is -0.530. The van der Waals surface area contributed by atoms with Crippen molar-refractivity contribution >= 4 is 35.9 Å². The number of hydrogen-bond donors (Lipinski definition) is 1. The molecule has 0 aromatic heterocycles. The van der Waals surface area contributed by atoms with Gasteiger partial charge in [-0.3, -0.25) is 9.79 Å². The second-order valence-corrected chi connectivity index (χ2v) is 4.47. The molecule has 1 aliphatic carbocycles. The first kappa shape index (κ1) is 17.5. The minimum Gasteiger partial charge on any atom is -0.469 e. The van der Waals surface area contributed by atoms with Crippen LogP contribution in [-0.2, 0) is 9.53 Å². The van der Waals surface area contributed by atoms with Gasteiger partial charge in [0.25, 0.3) is 0 Å². The zero-order chi connectivity index (χ0) is 12.7. The van der Waals surface area contributed by atoms with Crippen molar-refractivity contribution in [1.29, 1.82) is 0 Å². The van der Waals surface area contributed by atoms with Gasteiger partial charge in [0, 0.05) is 26.1 Å². The summed E-state index contributed by atoms with van der Waals surface area (Å²) in [5, 5.41) is 0. The maximum absolute atomic E-state index is 10.8. The molecule has 1 rings (SSSR count). The molecule has 0 atom stereocenters. The van der Waals surface area contributed by atoms with Gasteiger partial charge in [-0.05, 0) is 25.7 Å². The first-order chi connectivity index (χ1) is 8.15. The van der Waals surface area contributed by atoms with Crippen molar-refractivity contribution in [2.75, 3.05) is 20.7 Å². The number of unbranched alkanes of at least 4 members (excludes halogenated alkanes) is 2. The van der Waals surface area contributed by atoms with Crippen LogP contribution in [0, 0.1) is 0 Å². The highest BCUT2D eigenvalue weighted by molar-refractivity contribution is 14.0. The normalized spacial score (nSPS) is 14.9. The first-order valence-corrected chi connectivity index (χ1v) is 6.24. The Morgan fingerprint density at radius 3 is 2.61 bits per heavy atom. The predicted molar refractivity (Wildman–Crippen MR) is 83.2 cm³/mol. The highest BCUT2D eigenvalue weighted by Gasteiger charge is 2.27. The lowest BCUT2D eigenvalue weighted by molar-refractivity contribution is -0.140. The van der Waals surface area contributed by atoms with Crippen molar-refractivity contribution in [3.63, 3.8) is 0 Å². The Bertz CT molecular complexity index is 280. The molecule has 1 fully saturated rings. The van der Waals surface area contributed by atoms with Crippen LogP contribution in [0.3, 0.4) is 0 Å². The van der Waals surface area contributed by atoms with Crippen molar-refractivity contribution in [1.82, 2.24) is 4.90 Å². The minimum absolute atomic E-state index is 0. The number of rotatable bonds is 7. The minimum atomic E-state index is -0.138. The van der Waals surface area contributed by atoms with E-state index in [9.17, 15) is 4.79 Å². The fourth-order valence-corrected chi connectivity index (χ4v) is 1.61. The summed E-state index contributed by atoms with van der Waals surface area (Å²) in [5.74, 6) is 0.502. The molecule has 0 unspecified atom stereocenters. The van der Waals surface area contributed by atoms with Gasteiger partial charge in [0.15, 0.2) is 5.96 Å². The van der Waals surface area contributed by atoms with Gasteiger partial charge >= 0.3 is 5.97 Å². The van der Waals surface area contributed by atoms with Crippen LogP contribution in [0.1, 0.15) is 38.5 Å². The lowest BCUT2D eigenvalue weighted by Gasteiger charge is -2.16. The van der Waals surface area contributed by atoms with Gasteiger partial charge in [-0.2, -0.15) is 0 Å². The van der Waals surface area contributed by atoms with Crippen LogP contribution in [0.5, 0.6) is 0 Å². The molecular formula is C12H24IN3O2. The third-order valence-electron chi connectivity index (χ3n) is 3.00. The predicted octanol–water partition coefficient (Wildman–Crippen LogP) is 1.75. The summed E-state index contributed by atoms with van der Waals surface area (Å²) in [6, 6.07) is 0.609. The zero-order valence-electron chi connectivity index (χ0n) is 11.2. The van der Waals surface area contributed by atoms with Gasteiger partial charge in [-0.25, -0.2) is 0 Å². The SMILES string of the molecule is COC(=O)CCCCCN=C(N)N(C)C1CC1.I. The maximum atomic E-state index is 10.8. The van der Waals surface area contributed by atoms with Crippen LogP contribution in [-0.4, -0.2) is 43.6 Å². The van der Waals surface area contributed by atoms with Gasteiger partial charge in [0.05, 0.1) is 7.11 Å². The summed E-state index contributed by atoms with van der Waals surface area (Å²) in [5.41, 5.74) is 5.84. The number of aliphatic imine (C=N–C) groups is 1. The Morgan fingerprint density at radius 2 is 2.06 bits per heavy atom. The van der Waals surface area contributed by atoms with E-state index >= 15 is 0 Å². The van der Waals surface area contributed by atoms with Crippen molar-refractivity contribution < 1.29 is 9.53 Å². The van der Waals surface area contributed by atoms with E-state index in [1.807, 2.05) is 7.05 Å². The van der Waals surface area contributed by atoms with Gasteiger partial charge in [-0.1, -0.05) is 6.42 Å². The monoisotopic (exact) mass is 369 g/mol. The Morgan fingerprint density at radius 1 is 1.39 bits per heavy atom. The smallest absolute Gasteiger partial charge is 0.305 e. The molecule has 0 aromatic carbocycles. The lowest BCUT2D eigenvalue weighted by atomic mass is 10.2. The molecule has 1 aliphatic rings. The third-order valence-corrected chi connectivity index (χ3v) is 3.00. The summed E-state index contributed by atoms with van der Waals surface area (Å²) in [7, 11) is 3.41. The molecule has 18 heavy (non-hydrogen) atoms. The highest BCUT2D eigenvalue weighted by Crippen LogP contribution is 2.24. The molecule has 0 bridgehead atoms. The molecule has 0 aliphatic heterocycles. The molecule has 5 nitrogen and oxygen atoms in total. The lowest BCUT2D eigenvalue weighted by Crippen LogP contribution is -2.35. The number of methoxy groups -OCH3 is 1. The number of nitrogens with two attached hydrogens (primary N) is 1. The van der Waals surface area contributed by atoms with Crippen molar-refractivity contribution in [3.05, 3.63) is 0 Å². The molecule has 2 N–H and O–H groups in total. The fourth-order valence-electron chi connectivity index (χ4n) is 1.61. The molecule has 0 aromatic rings. The number of esters is 1. The van der Waals surface area contributed by atoms with E-state index < -0.39 is 0 Å². The molecule has 0 radical (unpaired) electrons. The Labute approximate surface area is 126 Å². The molecular weight excluding hydrogens is 345 g/mol. The van der Waals surface area contributed by atoms with Crippen molar-refractivity contribution in [2.24, 2.45) is 10.7 Å². The summed E-state index contributed by atoms with van der Waals surface area (Å²) in [6.07, 6.45) is 5.77. The quantitative estimate of drug-likeness (QED) is 0.244. The molecule has 0 saturated heterocycles. The van der Waals surface area contributed by atoms with E-state index in [0.717, 1.165) is 25.8 Å². The molecule has 0 spiro atoms. The maximum Gasteiger partial charge on any atom is 0.305 e. The topological polar surface area (TPSA) is 67.9 Å². The highest BCUT2D eigenvalue weighted by atomic mass is 127. The third kappa shape index (κ3) is 7.03. The summed E-state index contributed by atoms with van der Waals surface area (Å²) in [4.78, 5) is 17.2. The van der Waals surface area contributed by atoms with Crippen LogP contribution in [0.2, 0.25) is 0 Å². The van der Waals surface area contributed by atoms with E-state index in [1.165, 1.54) is 20.0 Å². The number of halogens is 1. The average molecular weight is 369 g/mol. The van der Waals surface area contributed by atoms with E-state index in [-0.39, 0.29) is 29.9 Å². The van der Waals surface area contributed by atoms with Crippen LogP contribution in [0.4, 0.5) is 0 Å². The second-order valence-electron chi connectivity index (χ2n) is 4.47. The van der Waals surface area contributed by atoms with Gasteiger partial charge in [0.1, 0.15) is 0 Å². The molecule has 6 heteroatoms. The summed E-state index contributed by atoms with van der Waals surface area (Å²) >= 11 is 0. The van der Waals surface area contributed by atoms with Gasteiger partial charge < -0.3 is 15.4 Å². The number of ether oxygens (including phenoxy) is 1. The molecule has 106 valence electrons. The Balaban J connectivity index is 0.00000289. The average Bonchev–Trinajstić information content (AvgIpc) is 3.15. The zero-order valence-corrected chi connectivity index (χ0v) is 13.6. The largest absolute Gasteiger partial charge is 0.469 e. The number of carbonyl (C=O) groups excluding carboxylic acids is 1. The van der Waals surface area contributed by atoms with E-state index in [4.69, 9.17) is 5.73 Å². The number of hydrogen-bond acceptors (Lipinski definition) is 3. The molecule has 1 saturated carbocycles. The number of carbonyl (C=O) groups is 1. The van der Waals surface area contributed by atoms with Crippen LogP contribution < -0.4 is 5.73 Å². The number of guanidine groups is 1. The summed E-state index contributed by atoms with van der Waals surface area (Å²) in [6.45, 7) is 0.740. The standard InChI is InChI=1S/C12H23N3O2.HI/c1-15(10-7-8-10)12(13)14-9-5-3-4-6-11(16)17-2;/h10H,3-9H2,1-2H3,(H2,13,14);1H. The van der Waals surface area contributed by atoms with Crippen LogP contribution in [0.25, 0.3) is 0 Å². The van der Waals surface area contributed by atoms with Crippen LogP contribution in [0.15, 0.2) is 4.99 Å². The summed E-state index contributed by atoms with van der Waals surface area (Å²) < 4.78 is 4.57. The van der Waals surface area contributed by atoms with Crippen molar-refractivity contribution in [3.8, 4) is 0 Å². The Kier molecular flexibility index (Phi) is 9.13. The van der Waals surface area contributed by atoms with Crippen molar-refractivity contribution in [2.45, 2.75) is 44.6 Å².